The van der Waals surface area contributed by atoms with Gasteiger partial charge in [0.1, 0.15) is 9.96 Å². The van der Waals surface area contributed by atoms with Gasteiger partial charge in [-0.25, -0.2) is 8.42 Å². The van der Waals surface area contributed by atoms with Crippen LogP contribution in [-0.2, 0) is 10.0 Å². The number of ether oxygens (including phenoxy) is 1. The van der Waals surface area contributed by atoms with E-state index in [1.54, 1.807) is 41.7 Å². The second kappa shape index (κ2) is 9.21. The SMILES string of the molecule is COc1ccccc1NC(=O)c1ccc(-c2ccc(S(=O)(=O)N3CCCCC3)s2)cc1. The van der Waals surface area contributed by atoms with Crippen molar-refractivity contribution in [2.45, 2.75) is 23.5 Å². The number of carbonyl (C=O) groups is 1. The number of amides is 1. The minimum atomic E-state index is -3.44. The first kappa shape index (κ1) is 21.5. The van der Waals surface area contributed by atoms with E-state index in [1.165, 1.54) is 11.3 Å². The van der Waals surface area contributed by atoms with Gasteiger partial charge in [-0.05, 0) is 54.8 Å². The van der Waals surface area contributed by atoms with Crippen molar-refractivity contribution in [3.8, 4) is 16.2 Å². The van der Waals surface area contributed by atoms with Crippen LogP contribution in [-0.4, -0.2) is 38.8 Å². The minimum Gasteiger partial charge on any atom is -0.495 e. The maximum absolute atomic E-state index is 12.9. The van der Waals surface area contributed by atoms with Crippen LogP contribution < -0.4 is 10.1 Å². The largest absolute Gasteiger partial charge is 0.495 e. The lowest BCUT2D eigenvalue weighted by Gasteiger charge is -2.25. The van der Waals surface area contributed by atoms with E-state index in [2.05, 4.69) is 5.32 Å². The number of sulfonamides is 1. The van der Waals surface area contributed by atoms with Gasteiger partial charge >= 0.3 is 0 Å². The molecule has 0 unspecified atom stereocenters. The Kier molecular flexibility index (Phi) is 6.41. The first-order valence-electron chi connectivity index (χ1n) is 10.1. The lowest BCUT2D eigenvalue weighted by atomic mass is 10.1. The highest BCUT2D eigenvalue weighted by atomic mass is 32.2. The van der Waals surface area contributed by atoms with Gasteiger partial charge in [-0.3, -0.25) is 4.79 Å². The monoisotopic (exact) mass is 456 g/mol. The second-order valence-corrected chi connectivity index (χ2v) is 10.6. The van der Waals surface area contributed by atoms with Gasteiger partial charge in [0.2, 0.25) is 0 Å². The van der Waals surface area contributed by atoms with E-state index in [0.29, 0.717) is 34.3 Å². The number of rotatable bonds is 6. The van der Waals surface area contributed by atoms with E-state index in [1.807, 2.05) is 30.3 Å². The Morgan fingerprint density at radius 2 is 1.68 bits per heavy atom. The molecule has 0 spiro atoms. The molecule has 162 valence electrons. The predicted octanol–water partition coefficient (Wildman–Crippen LogP) is 4.85. The number of para-hydroxylation sites is 2. The summed E-state index contributed by atoms with van der Waals surface area (Å²) in [4.78, 5) is 13.4. The molecule has 1 amide bonds. The van der Waals surface area contributed by atoms with E-state index in [4.69, 9.17) is 4.74 Å². The first-order valence-corrected chi connectivity index (χ1v) is 12.4. The molecule has 1 aromatic heterocycles. The molecule has 1 aliphatic rings. The lowest BCUT2D eigenvalue weighted by Crippen LogP contribution is -2.35. The van der Waals surface area contributed by atoms with E-state index in [9.17, 15) is 13.2 Å². The molecule has 1 aliphatic heterocycles. The number of benzene rings is 2. The number of thiophene rings is 1. The van der Waals surface area contributed by atoms with Crippen molar-refractivity contribution >= 4 is 33.0 Å². The van der Waals surface area contributed by atoms with Crippen LogP contribution >= 0.6 is 11.3 Å². The third-order valence-electron chi connectivity index (χ3n) is 5.28. The van der Waals surface area contributed by atoms with Crippen LogP contribution in [0.2, 0.25) is 0 Å². The van der Waals surface area contributed by atoms with Gasteiger partial charge in [0, 0.05) is 23.5 Å². The molecular formula is C23H24N2O4S2. The maximum Gasteiger partial charge on any atom is 0.255 e. The quantitative estimate of drug-likeness (QED) is 0.575. The Morgan fingerprint density at radius 3 is 2.39 bits per heavy atom. The molecule has 0 atom stereocenters. The zero-order valence-electron chi connectivity index (χ0n) is 17.2. The Balaban J connectivity index is 1.49. The summed E-state index contributed by atoms with van der Waals surface area (Å²) < 4.78 is 33.0. The van der Waals surface area contributed by atoms with Crippen molar-refractivity contribution in [2.24, 2.45) is 0 Å². The molecule has 0 aliphatic carbocycles. The molecule has 2 aromatic carbocycles. The highest BCUT2D eigenvalue weighted by Gasteiger charge is 2.27. The van der Waals surface area contributed by atoms with E-state index in [0.717, 1.165) is 29.7 Å². The van der Waals surface area contributed by atoms with E-state index in [-0.39, 0.29) is 5.91 Å². The predicted molar refractivity (Wildman–Crippen MR) is 123 cm³/mol. The topological polar surface area (TPSA) is 75.7 Å². The summed E-state index contributed by atoms with van der Waals surface area (Å²) in [6.45, 7) is 1.18. The number of nitrogens with one attached hydrogen (secondary N) is 1. The molecule has 4 rings (SSSR count). The van der Waals surface area contributed by atoms with Gasteiger partial charge in [0.15, 0.2) is 0 Å². The number of methoxy groups -OCH3 is 1. The molecule has 2 heterocycles. The van der Waals surface area contributed by atoms with Gasteiger partial charge in [0.25, 0.3) is 15.9 Å². The van der Waals surface area contributed by atoms with E-state index < -0.39 is 10.0 Å². The Labute approximate surface area is 186 Å². The Bertz CT molecular complexity index is 1160. The molecule has 3 aromatic rings. The molecule has 8 heteroatoms. The lowest BCUT2D eigenvalue weighted by molar-refractivity contribution is 0.102. The highest BCUT2D eigenvalue weighted by Crippen LogP contribution is 2.33. The van der Waals surface area contributed by atoms with Crippen LogP contribution in [0, 0.1) is 0 Å². The summed E-state index contributed by atoms with van der Waals surface area (Å²) in [6.07, 6.45) is 2.91. The molecule has 1 N–H and O–H groups in total. The van der Waals surface area contributed by atoms with Crippen LogP contribution in [0.25, 0.3) is 10.4 Å². The van der Waals surface area contributed by atoms with Crippen LogP contribution in [0.3, 0.4) is 0 Å². The molecule has 1 fully saturated rings. The summed E-state index contributed by atoms with van der Waals surface area (Å²) in [5, 5.41) is 2.85. The van der Waals surface area contributed by atoms with Crippen molar-refractivity contribution in [1.29, 1.82) is 0 Å². The van der Waals surface area contributed by atoms with Crippen molar-refractivity contribution in [2.75, 3.05) is 25.5 Å². The number of anilines is 1. The van der Waals surface area contributed by atoms with Gasteiger partial charge in [0.05, 0.1) is 12.8 Å². The van der Waals surface area contributed by atoms with Gasteiger partial charge < -0.3 is 10.1 Å². The molecular weight excluding hydrogens is 432 g/mol. The number of hydrogen-bond acceptors (Lipinski definition) is 5. The zero-order chi connectivity index (χ0) is 21.8. The van der Waals surface area contributed by atoms with Crippen LogP contribution in [0.5, 0.6) is 5.75 Å². The Morgan fingerprint density at radius 1 is 0.968 bits per heavy atom. The van der Waals surface area contributed by atoms with Crippen molar-refractivity contribution in [3.05, 3.63) is 66.2 Å². The fraction of sp³-hybridized carbons (Fsp3) is 0.261. The smallest absolute Gasteiger partial charge is 0.255 e. The minimum absolute atomic E-state index is 0.240. The normalized spacial score (nSPS) is 14.9. The summed E-state index contributed by atoms with van der Waals surface area (Å²) in [5.74, 6) is 0.351. The number of carbonyl (C=O) groups excluding carboxylic acids is 1. The van der Waals surface area contributed by atoms with Crippen LogP contribution in [0.1, 0.15) is 29.6 Å². The third kappa shape index (κ3) is 4.66. The fourth-order valence-electron chi connectivity index (χ4n) is 3.57. The molecule has 6 nitrogen and oxygen atoms in total. The molecule has 0 bridgehead atoms. The van der Waals surface area contributed by atoms with Crippen molar-refractivity contribution in [3.63, 3.8) is 0 Å². The number of hydrogen-bond donors (Lipinski definition) is 1. The van der Waals surface area contributed by atoms with Gasteiger partial charge in [-0.1, -0.05) is 30.7 Å². The van der Waals surface area contributed by atoms with Crippen LogP contribution in [0.15, 0.2) is 64.9 Å². The molecule has 31 heavy (non-hydrogen) atoms. The van der Waals surface area contributed by atoms with Crippen molar-refractivity contribution in [1.82, 2.24) is 4.31 Å². The van der Waals surface area contributed by atoms with E-state index >= 15 is 0 Å². The Hall–Kier alpha value is -2.68. The first-order chi connectivity index (χ1) is 15.0. The summed E-state index contributed by atoms with van der Waals surface area (Å²) in [5.41, 5.74) is 1.98. The van der Waals surface area contributed by atoms with Gasteiger partial charge in [-0.15, -0.1) is 11.3 Å². The average Bonchev–Trinajstić information content (AvgIpc) is 3.31. The summed E-state index contributed by atoms with van der Waals surface area (Å²) in [6, 6.07) is 17.9. The fourth-order valence-corrected chi connectivity index (χ4v) is 6.56. The number of piperidine rings is 1. The summed E-state index contributed by atoms with van der Waals surface area (Å²) >= 11 is 1.26. The number of nitrogens with zero attached hydrogens (tertiary/aromatic N) is 1. The zero-order valence-corrected chi connectivity index (χ0v) is 18.8. The summed E-state index contributed by atoms with van der Waals surface area (Å²) in [7, 11) is -1.88. The van der Waals surface area contributed by atoms with Gasteiger partial charge in [-0.2, -0.15) is 4.31 Å². The second-order valence-electron chi connectivity index (χ2n) is 7.32. The molecule has 0 saturated carbocycles. The average molecular weight is 457 g/mol. The standard InChI is InChI=1S/C23H24N2O4S2/c1-29-20-8-4-3-7-19(20)24-23(26)18-11-9-17(10-12-18)21-13-14-22(30-21)31(27,28)25-15-5-2-6-16-25/h3-4,7-14H,2,5-6,15-16H2,1H3,(H,24,26). The van der Waals surface area contributed by atoms with Crippen molar-refractivity contribution < 1.29 is 17.9 Å². The third-order valence-corrected chi connectivity index (χ3v) is 8.78. The molecule has 1 saturated heterocycles. The maximum atomic E-state index is 12.9. The van der Waals surface area contributed by atoms with Crippen LogP contribution in [0.4, 0.5) is 5.69 Å². The molecule has 0 radical (unpaired) electrons. The highest BCUT2D eigenvalue weighted by molar-refractivity contribution is 7.91.